The second kappa shape index (κ2) is 6.78. The second-order valence-corrected chi connectivity index (χ2v) is 6.64. The molecule has 4 rings (SSSR count). The molecular formula is C19H17N3O3S. The van der Waals surface area contributed by atoms with E-state index in [9.17, 15) is 4.79 Å². The Hall–Kier alpha value is -2.90. The van der Waals surface area contributed by atoms with Crippen LogP contribution in [0.15, 0.2) is 52.8 Å². The van der Waals surface area contributed by atoms with Gasteiger partial charge in [0, 0.05) is 29.8 Å². The van der Waals surface area contributed by atoms with E-state index < -0.39 is 0 Å². The van der Waals surface area contributed by atoms with Crippen molar-refractivity contribution in [3.63, 3.8) is 0 Å². The fraction of sp³-hybridized carbons (Fsp3) is 0.158. The number of aromatic nitrogens is 3. The van der Waals surface area contributed by atoms with Crippen LogP contribution >= 0.6 is 11.3 Å². The van der Waals surface area contributed by atoms with Crippen LogP contribution in [0.4, 0.5) is 0 Å². The Balaban J connectivity index is 1.91. The van der Waals surface area contributed by atoms with Crippen LogP contribution in [0.1, 0.15) is 5.69 Å². The molecule has 1 N–H and O–H groups in total. The highest BCUT2D eigenvalue weighted by molar-refractivity contribution is 7.14. The van der Waals surface area contributed by atoms with Gasteiger partial charge in [0.25, 0.3) is 5.56 Å². The van der Waals surface area contributed by atoms with Gasteiger partial charge in [0.05, 0.1) is 30.4 Å². The van der Waals surface area contributed by atoms with Crippen LogP contribution in [0.2, 0.25) is 0 Å². The summed E-state index contributed by atoms with van der Waals surface area (Å²) in [5, 5.41) is 6.30. The van der Waals surface area contributed by atoms with Crippen molar-refractivity contribution in [1.82, 2.24) is 14.6 Å². The summed E-state index contributed by atoms with van der Waals surface area (Å²) in [4.78, 5) is 16.5. The molecule has 0 aliphatic rings. The van der Waals surface area contributed by atoms with Gasteiger partial charge in [-0.05, 0) is 5.56 Å². The zero-order valence-electron chi connectivity index (χ0n) is 14.4. The second-order valence-electron chi connectivity index (χ2n) is 5.76. The summed E-state index contributed by atoms with van der Waals surface area (Å²) in [6.07, 6.45) is 1.69. The summed E-state index contributed by atoms with van der Waals surface area (Å²) in [5.74, 6) is 0.772. The lowest BCUT2D eigenvalue weighted by Gasteiger charge is -2.06. The van der Waals surface area contributed by atoms with Gasteiger partial charge < -0.3 is 14.5 Å². The average Bonchev–Trinajstić information content (AvgIpc) is 3.26. The van der Waals surface area contributed by atoms with E-state index in [1.54, 1.807) is 31.8 Å². The van der Waals surface area contributed by atoms with Gasteiger partial charge >= 0.3 is 0 Å². The molecule has 3 heterocycles. The normalized spacial score (nSPS) is 11.2. The first-order chi connectivity index (χ1) is 12.7. The molecule has 0 aliphatic heterocycles. The Morgan fingerprint density at radius 3 is 2.73 bits per heavy atom. The summed E-state index contributed by atoms with van der Waals surface area (Å²) >= 11 is 1.56. The van der Waals surface area contributed by atoms with Crippen molar-refractivity contribution in [2.45, 2.75) is 6.61 Å². The van der Waals surface area contributed by atoms with Crippen LogP contribution in [-0.4, -0.2) is 28.8 Å². The number of rotatable bonds is 5. The van der Waals surface area contributed by atoms with Crippen LogP contribution < -0.4 is 10.3 Å². The number of nitrogens with one attached hydrogen (secondary N) is 1. The van der Waals surface area contributed by atoms with Crippen LogP contribution in [0.3, 0.4) is 0 Å². The van der Waals surface area contributed by atoms with Gasteiger partial charge in [-0.15, -0.1) is 11.3 Å². The van der Waals surface area contributed by atoms with E-state index in [1.807, 2.05) is 30.3 Å². The first-order valence-corrected chi connectivity index (χ1v) is 8.91. The van der Waals surface area contributed by atoms with Gasteiger partial charge in [0.2, 0.25) is 0 Å². The van der Waals surface area contributed by atoms with Crippen molar-refractivity contribution in [2.75, 3.05) is 14.2 Å². The summed E-state index contributed by atoms with van der Waals surface area (Å²) in [6, 6.07) is 11.6. The fourth-order valence-corrected chi connectivity index (χ4v) is 4.04. The molecule has 6 nitrogen and oxygen atoms in total. The van der Waals surface area contributed by atoms with Crippen molar-refractivity contribution in [3.8, 4) is 27.3 Å². The SMILES string of the molecule is COCc1cc(=O)n2ncc(-c3scc(-c4ccccc4)c3OC)c2[nH]1. The molecule has 1 aromatic carbocycles. The van der Waals surface area contributed by atoms with E-state index in [2.05, 4.69) is 15.5 Å². The third-order valence-electron chi connectivity index (χ3n) is 4.13. The van der Waals surface area contributed by atoms with Crippen molar-refractivity contribution >= 4 is 17.0 Å². The molecule has 0 fully saturated rings. The molecule has 132 valence electrons. The number of nitrogens with zero attached hydrogens (tertiary/aromatic N) is 2. The summed E-state index contributed by atoms with van der Waals surface area (Å²) < 4.78 is 12.2. The Bertz CT molecular complexity index is 1110. The monoisotopic (exact) mass is 367 g/mol. The highest BCUT2D eigenvalue weighted by Crippen LogP contribution is 2.45. The highest BCUT2D eigenvalue weighted by Gasteiger charge is 2.20. The maximum Gasteiger partial charge on any atom is 0.274 e. The van der Waals surface area contributed by atoms with Gasteiger partial charge in [0.1, 0.15) is 11.4 Å². The van der Waals surface area contributed by atoms with Gasteiger partial charge in [-0.1, -0.05) is 30.3 Å². The number of hydrogen-bond donors (Lipinski definition) is 1. The number of ether oxygens (including phenoxy) is 2. The number of H-pyrrole nitrogens is 1. The third-order valence-corrected chi connectivity index (χ3v) is 5.13. The minimum Gasteiger partial charge on any atom is -0.495 e. The molecule has 0 atom stereocenters. The molecule has 0 saturated carbocycles. The number of methoxy groups -OCH3 is 2. The van der Waals surface area contributed by atoms with Crippen molar-refractivity contribution in [3.05, 3.63) is 64.0 Å². The van der Waals surface area contributed by atoms with Crippen molar-refractivity contribution < 1.29 is 9.47 Å². The Labute approximate surface area is 153 Å². The predicted octanol–water partition coefficient (Wildman–Crippen LogP) is 3.57. The number of benzene rings is 1. The molecule has 0 amide bonds. The fourth-order valence-electron chi connectivity index (χ4n) is 2.99. The van der Waals surface area contributed by atoms with Gasteiger partial charge in [-0.2, -0.15) is 9.61 Å². The van der Waals surface area contributed by atoms with E-state index in [-0.39, 0.29) is 5.56 Å². The van der Waals surface area contributed by atoms with E-state index in [4.69, 9.17) is 9.47 Å². The lowest BCUT2D eigenvalue weighted by molar-refractivity contribution is 0.181. The predicted molar refractivity (Wildman–Crippen MR) is 102 cm³/mol. The molecule has 3 aromatic heterocycles. The topological polar surface area (TPSA) is 68.6 Å². The number of aromatic amines is 1. The molecular weight excluding hydrogens is 350 g/mol. The lowest BCUT2D eigenvalue weighted by atomic mass is 10.1. The van der Waals surface area contributed by atoms with E-state index in [1.165, 1.54) is 10.6 Å². The molecule has 4 aromatic rings. The molecule has 7 heteroatoms. The first kappa shape index (κ1) is 16.6. The molecule has 0 unspecified atom stereocenters. The van der Waals surface area contributed by atoms with Crippen LogP contribution in [0.5, 0.6) is 5.75 Å². The number of fused-ring (bicyclic) bond motifs is 1. The molecule has 0 bridgehead atoms. The summed E-state index contributed by atoms with van der Waals surface area (Å²) in [7, 11) is 3.25. The lowest BCUT2D eigenvalue weighted by Crippen LogP contribution is -2.15. The van der Waals surface area contributed by atoms with Crippen LogP contribution in [0.25, 0.3) is 27.2 Å². The molecule has 0 radical (unpaired) electrons. The Morgan fingerprint density at radius 1 is 1.19 bits per heavy atom. The zero-order chi connectivity index (χ0) is 18.1. The molecule has 0 spiro atoms. The Kier molecular flexibility index (Phi) is 4.32. The average molecular weight is 367 g/mol. The minimum absolute atomic E-state index is 0.198. The number of thiophene rings is 1. The number of hydrogen-bond acceptors (Lipinski definition) is 5. The molecule has 26 heavy (non-hydrogen) atoms. The Morgan fingerprint density at radius 2 is 2.00 bits per heavy atom. The van der Waals surface area contributed by atoms with Crippen molar-refractivity contribution in [1.29, 1.82) is 0 Å². The van der Waals surface area contributed by atoms with Crippen molar-refractivity contribution in [2.24, 2.45) is 0 Å². The highest BCUT2D eigenvalue weighted by atomic mass is 32.1. The first-order valence-electron chi connectivity index (χ1n) is 8.03. The molecule has 0 aliphatic carbocycles. The van der Waals surface area contributed by atoms with E-state index in [0.717, 1.165) is 27.3 Å². The van der Waals surface area contributed by atoms with Crippen LogP contribution in [-0.2, 0) is 11.3 Å². The largest absolute Gasteiger partial charge is 0.495 e. The van der Waals surface area contributed by atoms with Gasteiger partial charge in [0.15, 0.2) is 0 Å². The van der Waals surface area contributed by atoms with Crippen LogP contribution in [0, 0.1) is 0 Å². The maximum absolute atomic E-state index is 12.3. The smallest absolute Gasteiger partial charge is 0.274 e. The van der Waals surface area contributed by atoms with Gasteiger partial charge in [-0.3, -0.25) is 4.79 Å². The third kappa shape index (κ3) is 2.71. The quantitative estimate of drug-likeness (QED) is 0.585. The van der Waals surface area contributed by atoms with E-state index >= 15 is 0 Å². The summed E-state index contributed by atoms with van der Waals surface area (Å²) in [6.45, 7) is 0.327. The maximum atomic E-state index is 12.3. The summed E-state index contributed by atoms with van der Waals surface area (Å²) in [5.41, 5.74) is 4.05. The van der Waals surface area contributed by atoms with Gasteiger partial charge in [-0.25, -0.2) is 0 Å². The minimum atomic E-state index is -0.198. The zero-order valence-corrected chi connectivity index (χ0v) is 15.2. The van der Waals surface area contributed by atoms with E-state index in [0.29, 0.717) is 17.9 Å². The molecule has 0 saturated heterocycles. The standard InChI is InChI=1S/C19H17N3O3S/c1-24-10-13-8-16(23)22-19(21-13)14(9-20-22)18-17(25-2)15(11-26-18)12-6-4-3-5-7-12/h3-9,11,21H,10H2,1-2H3.